The number of carbonyl (C=O) groups excluding carboxylic acids is 1. The molecule has 0 N–H and O–H groups in total. The maximum Gasteiger partial charge on any atom is 0.227 e. The van der Waals surface area contributed by atoms with Crippen molar-refractivity contribution in [2.24, 2.45) is 0 Å². The highest BCUT2D eigenvalue weighted by Crippen LogP contribution is 2.26. The van der Waals surface area contributed by atoms with Gasteiger partial charge < -0.3 is 4.90 Å². The van der Waals surface area contributed by atoms with Gasteiger partial charge in [-0.3, -0.25) is 4.79 Å². The molecule has 2 nitrogen and oxygen atoms in total. The average molecular weight is 184 g/mol. The van der Waals surface area contributed by atoms with Crippen molar-refractivity contribution in [1.82, 2.24) is 4.90 Å². The Morgan fingerprint density at radius 2 is 2.33 bits per heavy atom. The molecule has 0 spiro atoms. The van der Waals surface area contributed by atoms with Crippen molar-refractivity contribution >= 4 is 17.5 Å². The number of fused-ring (bicyclic) bond motifs is 1. The Hall–Kier alpha value is -0.760. The second-order valence-corrected chi connectivity index (χ2v) is 3.50. The first-order chi connectivity index (χ1) is 5.79. The van der Waals surface area contributed by atoms with Crippen LogP contribution in [0.2, 0.25) is 0 Å². The van der Waals surface area contributed by atoms with Gasteiger partial charge in [-0.25, -0.2) is 0 Å². The topological polar surface area (TPSA) is 20.3 Å². The molecule has 12 heavy (non-hydrogen) atoms. The van der Waals surface area contributed by atoms with Gasteiger partial charge in [-0.05, 0) is 6.42 Å². The highest BCUT2D eigenvalue weighted by atomic mass is 35.5. The molecule has 2 aliphatic heterocycles. The molecular weight excluding hydrogens is 174 g/mol. The number of rotatable bonds is 0. The summed E-state index contributed by atoms with van der Waals surface area (Å²) in [4.78, 5) is 13.2. The van der Waals surface area contributed by atoms with Gasteiger partial charge in [-0.15, -0.1) is 0 Å². The van der Waals surface area contributed by atoms with Crippen molar-refractivity contribution < 1.29 is 4.79 Å². The van der Waals surface area contributed by atoms with E-state index in [9.17, 15) is 4.79 Å². The first-order valence-electron chi connectivity index (χ1n) is 4.09. The lowest BCUT2D eigenvalue weighted by atomic mass is 10.0. The highest BCUT2D eigenvalue weighted by molar-refractivity contribution is 6.30. The van der Waals surface area contributed by atoms with E-state index in [1.54, 1.807) is 0 Å². The van der Waals surface area contributed by atoms with Crippen LogP contribution in [0.3, 0.4) is 0 Å². The molecule has 2 rings (SSSR count). The van der Waals surface area contributed by atoms with Crippen molar-refractivity contribution in [3.63, 3.8) is 0 Å². The standard InChI is InChI=1S/C9H10ClNO/c10-7-4-5-9(12)11-6-2-1-3-8(7)11/h1-2,4,8H,3,5-6H2/t8-/m0/s1. The minimum atomic E-state index is 0.123. The van der Waals surface area contributed by atoms with E-state index < -0.39 is 0 Å². The van der Waals surface area contributed by atoms with Crippen LogP contribution >= 0.6 is 11.6 Å². The van der Waals surface area contributed by atoms with Gasteiger partial charge in [0.2, 0.25) is 5.91 Å². The van der Waals surface area contributed by atoms with Gasteiger partial charge in [0.15, 0.2) is 0 Å². The van der Waals surface area contributed by atoms with Crippen LogP contribution in [0.25, 0.3) is 0 Å². The zero-order chi connectivity index (χ0) is 8.55. The normalized spacial score (nSPS) is 28.4. The Kier molecular flexibility index (Phi) is 1.93. The third kappa shape index (κ3) is 1.16. The van der Waals surface area contributed by atoms with Gasteiger partial charge >= 0.3 is 0 Å². The van der Waals surface area contributed by atoms with Gasteiger partial charge in [0.25, 0.3) is 0 Å². The molecule has 0 aromatic rings. The van der Waals surface area contributed by atoms with Crippen molar-refractivity contribution in [2.45, 2.75) is 18.9 Å². The number of nitrogens with zero attached hydrogens (tertiary/aromatic N) is 1. The molecule has 0 fully saturated rings. The van der Waals surface area contributed by atoms with Crippen LogP contribution < -0.4 is 0 Å². The van der Waals surface area contributed by atoms with Crippen LogP contribution in [0, 0.1) is 0 Å². The fraction of sp³-hybridized carbons (Fsp3) is 0.444. The molecule has 0 saturated heterocycles. The van der Waals surface area contributed by atoms with Crippen molar-refractivity contribution in [3.8, 4) is 0 Å². The molecule has 0 radical (unpaired) electrons. The number of hydrogen-bond acceptors (Lipinski definition) is 1. The molecule has 2 heterocycles. The number of hydrogen-bond donors (Lipinski definition) is 0. The van der Waals surface area contributed by atoms with Gasteiger partial charge in [-0.1, -0.05) is 29.8 Å². The minimum Gasteiger partial charge on any atom is -0.330 e. The molecule has 0 bridgehead atoms. The van der Waals surface area contributed by atoms with E-state index in [0.29, 0.717) is 13.0 Å². The van der Waals surface area contributed by atoms with Crippen LogP contribution in [0.4, 0.5) is 0 Å². The zero-order valence-corrected chi connectivity index (χ0v) is 7.42. The largest absolute Gasteiger partial charge is 0.330 e. The maximum absolute atomic E-state index is 11.4. The Morgan fingerprint density at radius 3 is 3.08 bits per heavy atom. The van der Waals surface area contributed by atoms with Crippen LogP contribution in [-0.2, 0) is 4.79 Å². The molecule has 0 saturated carbocycles. The average Bonchev–Trinajstić information content (AvgIpc) is 2.12. The lowest BCUT2D eigenvalue weighted by Crippen LogP contribution is -2.44. The first-order valence-corrected chi connectivity index (χ1v) is 4.47. The van der Waals surface area contributed by atoms with E-state index in [4.69, 9.17) is 11.6 Å². The number of carbonyl (C=O) groups is 1. The zero-order valence-electron chi connectivity index (χ0n) is 6.66. The molecule has 0 aliphatic carbocycles. The second-order valence-electron chi connectivity index (χ2n) is 3.06. The van der Waals surface area contributed by atoms with Crippen LogP contribution in [0.5, 0.6) is 0 Å². The Morgan fingerprint density at radius 1 is 1.50 bits per heavy atom. The number of halogens is 1. The summed E-state index contributed by atoms with van der Waals surface area (Å²) in [5.41, 5.74) is 0. The van der Waals surface area contributed by atoms with E-state index in [0.717, 1.165) is 11.5 Å². The predicted octanol–water partition coefficient (Wildman–Crippen LogP) is 1.67. The fourth-order valence-corrected chi connectivity index (χ4v) is 1.93. The summed E-state index contributed by atoms with van der Waals surface area (Å²) in [6, 6.07) is 0.123. The third-order valence-corrected chi connectivity index (χ3v) is 2.72. The summed E-state index contributed by atoms with van der Waals surface area (Å²) >= 11 is 5.99. The van der Waals surface area contributed by atoms with Gasteiger partial charge in [0.05, 0.1) is 6.04 Å². The van der Waals surface area contributed by atoms with Crippen LogP contribution in [0.15, 0.2) is 23.3 Å². The van der Waals surface area contributed by atoms with Gasteiger partial charge in [0, 0.05) is 18.0 Å². The molecule has 0 aromatic heterocycles. The molecule has 0 unspecified atom stereocenters. The summed E-state index contributed by atoms with van der Waals surface area (Å²) in [6.45, 7) is 0.716. The maximum atomic E-state index is 11.4. The minimum absolute atomic E-state index is 0.123. The summed E-state index contributed by atoms with van der Waals surface area (Å²) < 4.78 is 0. The Balaban J connectivity index is 2.29. The first kappa shape index (κ1) is 7.87. The molecule has 2 aliphatic rings. The highest BCUT2D eigenvalue weighted by Gasteiger charge is 2.29. The lowest BCUT2D eigenvalue weighted by molar-refractivity contribution is -0.132. The SMILES string of the molecule is O=C1CC=C(Cl)[C@@H]2CC=CCN12. The summed E-state index contributed by atoms with van der Waals surface area (Å²) in [7, 11) is 0. The van der Waals surface area contributed by atoms with Crippen LogP contribution in [-0.4, -0.2) is 23.4 Å². The van der Waals surface area contributed by atoms with Gasteiger partial charge in [-0.2, -0.15) is 0 Å². The Labute approximate surface area is 76.5 Å². The monoisotopic (exact) mass is 183 g/mol. The molecule has 0 aromatic carbocycles. The quantitative estimate of drug-likeness (QED) is 0.524. The molecule has 1 atom stereocenters. The van der Waals surface area contributed by atoms with E-state index in [1.807, 2.05) is 17.1 Å². The van der Waals surface area contributed by atoms with E-state index in [2.05, 4.69) is 6.08 Å². The fourth-order valence-electron chi connectivity index (χ4n) is 1.64. The molecule has 3 heteroatoms. The second kappa shape index (κ2) is 2.94. The van der Waals surface area contributed by atoms with Crippen molar-refractivity contribution in [3.05, 3.63) is 23.3 Å². The summed E-state index contributed by atoms with van der Waals surface area (Å²) in [6.07, 6.45) is 7.24. The van der Waals surface area contributed by atoms with Crippen LogP contribution in [0.1, 0.15) is 12.8 Å². The third-order valence-electron chi connectivity index (χ3n) is 2.31. The van der Waals surface area contributed by atoms with E-state index in [-0.39, 0.29) is 11.9 Å². The predicted molar refractivity (Wildman–Crippen MR) is 47.8 cm³/mol. The van der Waals surface area contributed by atoms with Crippen molar-refractivity contribution in [2.75, 3.05) is 6.54 Å². The Bertz CT molecular complexity index is 270. The van der Waals surface area contributed by atoms with E-state index >= 15 is 0 Å². The molecular formula is C9H10ClNO. The van der Waals surface area contributed by atoms with Gasteiger partial charge in [0.1, 0.15) is 0 Å². The number of amides is 1. The summed E-state index contributed by atoms with van der Waals surface area (Å²) in [5.74, 6) is 0.189. The van der Waals surface area contributed by atoms with Crippen molar-refractivity contribution in [1.29, 1.82) is 0 Å². The van der Waals surface area contributed by atoms with E-state index in [1.165, 1.54) is 0 Å². The lowest BCUT2D eigenvalue weighted by Gasteiger charge is -2.35. The molecule has 1 amide bonds. The smallest absolute Gasteiger partial charge is 0.227 e. The molecule has 64 valence electrons. The summed E-state index contributed by atoms with van der Waals surface area (Å²) in [5, 5.41) is 0.818.